The number of amides is 2. The van der Waals surface area contributed by atoms with Gasteiger partial charge >= 0.3 is 5.97 Å². The molecule has 3 atom stereocenters. The van der Waals surface area contributed by atoms with Crippen molar-refractivity contribution in [2.75, 3.05) is 14.2 Å². The summed E-state index contributed by atoms with van der Waals surface area (Å²) in [4.78, 5) is 37.7. The van der Waals surface area contributed by atoms with E-state index in [0.29, 0.717) is 22.3 Å². The number of benzene rings is 2. The lowest BCUT2D eigenvalue weighted by Gasteiger charge is -2.24. The summed E-state index contributed by atoms with van der Waals surface area (Å²) in [6, 6.07) is 6.59. The molecule has 2 amide bonds. The molecule has 9 nitrogen and oxygen atoms in total. The lowest BCUT2D eigenvalue weighted by atomic mass is 9.94. The molecule has 2 aromatic carbocycles. The molecule has 0 aliphatic carbocycles. The minimum atomic E-state index is -1.00. The third kappa shape index (κ3) is 4.61. The summed E-state index contributed by atoms with van der Waals surface area (Å²) >= 11 is 0. The van der Waals surface area contributed by atoms with Gasteiger partial charge in [-0.2, -0.15) is 0 Å². The molecule has 0 radical (unpaired) electrons. The fourth-order valence-electron chi connectivity index (χ4n) is 3.55. The van der Waals surface area contributed by atoms with Gasteiger partial charge in [-0.15, -0.1) is 0 Å². The summed E-state index contributed by atoms with van der Waals surface area (Å²) in [6.07, 6.45) is 0.0892. The number of aromatic hydroxyl groups is 2. The topological polar surface area (TPSA) is 137 Å². The van der Waals surface area contributed by atoms with Gasteiger partial charge in [0.1, 0.15) is 29.6 Å². The lowest BCUT2D eigenvalue weighted by molar-refractivity contribution is -0.145. The van der Waals surface area contributed by atoms with Crippen LogP contribution in [0.2, 0.25) is 0 Å². The Kier molecular flexibility index (Phi) is 6.45. The number of esters is 1. The van der Waals surface area contributed by atoms with E-state index in [1.807, 2.05) is 0 Å². The van der Waals surface area contributed by atoms with Crippen molar-refractivity contribution in [3.05, 3.63) is 47.5 Å². The van der Waals surface area contributed by atoms with Gasteiger partial charge in [0.25, 0.3) is 0 Å². The Morgan fingerprint density at radius 3 is 2.32 bits per heavy atom. The van der Waals surface area contributed by atoms with E-state index in [1.165, 1.54) is 26.2 Å². The van der Waals surface area contributed by atoms with Crippen LogP contribution in [0.15, 0.2) is 36.4 Å². The van der Waals surface area contributed by atoms with E-state index in [-0.39, 0.29) is 17.9 Å². The fourth-order valence-corrected chi connectivity index (χ4v) is 3.55. The Bertz CT molecular complexity index is 1020. The highest BCUT2D eigenvalue weighted by atomic mass is 16.5. The molecule has 164 valence electrons. The number of nitrogens with one attached hydrogen (secondary N) is 3. The minimum Gasteiger partial charge on any atom is -0.507 e. The van der Waals surface area contributed by atoms with Crippen molar-refractivity contribution in [1.29, 1.82) is 0 Å². The van der Waals surface area contributed by atoms with Crippen molar-refractivity contribution in [3.8, 4) is 22.6 Å². The van der Waals surface area contributed by atoms with Gasteiger partial charge in [-0.25, -0.2) is 4.79 Å². The molecule has 1 aliphatic rings. The Morgan fingerprint density at radius 1 is 1.03 bits per heavy atom. The predicted octanol–water partition coefficient (Wildman–Crippen LogP) is 0.744. The highest BCUT2D eigenvalue weighted by Gasteiger charge is 2.29. The van der Waals surface area contributed by atoms with Crippen LogP contribution in [0.5, 0.6) is 11.5 Å². The van der Waals surface area contributed by atoms with Gasteiger partial charge in [0, 0.05) is 17.5 Å². The number of fused-ring (bicyclic) bond motifs is 5. The van der Waals surface area contributed by atoms with Crippen LogP contribution in [0, 0.1) is 0 Å². The molecule has 9 heteroatoms. The number of carbonyl (C=O) groups excluding carboxylic acids is 3. The monoisotopic (exact) mass is 427 g/mol. The van der Waals surface area contributed by atoms with Gasteiger partial charge in [-0.05, 0) is 49.4 Å². The van der Waals surface area contributed by atoms with Crippen LogP contribution < -0.4 is 16.0 Å². The van der Waals surface area contributed by atoms with Crippen molar-refractivity contribution in [3.63, 3.8) is 0 Å². The average Bonchev–Trinajstić information content (AvgIpc) is 2.75. The second-order valence-electron chi connectivity index (χ2n) is 7.37. The van der Waals surface area contributed by atoms with Gasteiger partial charge in [0.2, 0.25) is 11.8 Å². The summed E-state index contributed by atoms with van der Waals surface area (Å²) in [6.45, 7) is 1.51. The van der Waals surface area contributed by atoms with Crippen LogP contribution in [0.25, 0.3) is 11.1 Å². The fraction of sp³-hybridized carbons (Fsp3) is 0.318. The summed E-state index contributed by atoms with van der Waals surface area (Å²) in [5, 5.41) is 29.0. The van der Waals surface area contributed by atoms with Crippen LogP contribution in [0.1, 0.15) is 24.1 Å². The molecular weight excluding hydrogens is 402 g/mol. The lowest BCUT2D eigenvalue weighted by Crippen LogP contribution is -2.52. The van der Waals surface area contributed by atoms with E-state index in [4.69, 9.17) is 4.74 Å². The predicted molar refractivity (Wildman–Crippen MR) is 112 cm³/mol. The standard InChI is InChI=1S/C22H25N3O6/c1-11-20(28)25-16(22(30)31-3)9-12-4-6-17(26)14(8-12)15-10-13(5-7-18(15)27)19(23-2)21(29)24-11/h4-8,10-11,16,19,23,26-27H,9H2,1-3H3,(H,24,29)(H,25,28)/t11-,16-,19-/m0/s1. The zero-order chi connectivity index (χ0) is 22.7. The smallest absolute Gasteiger partial charge is 0.328 e. The number of rotatable bonds is 2. The first-order valence-corrected chi connectivity index (χ1v) is 9.76. The van der Waals surface area contributed by atoms with E-state index in [1.54, 1.807) is 31.3 Å². The van der Waals surface area contributed by atoms with Crippen molar-refractivity contribution < 1.29 is 29.3 Å². The molecule has 2 aromatic rings. The zero-order valence-corrected chi connectivity index (χ0v) is 17.4. The maximum atomic E-state index is 12.8. The van der Waals surface area contributed by atoms with Crippen LogP contribution >= 0.6 is 0 Å². The van der Waals surface area contributed by atoms with Crippen molar-refractivity contribution in [2.24, 2.45) is 0 Å². The molecule has 3 rings (SSSR count). The second-order valence-corrected chi connectivity index (χ2v) is 7.37. The number of phenolic OH excluding ortho intramolecular Hbond substituents is 2. The van der Waals surface area contributed by atoms with Gasteiger partial charge in [-0.1, -0.05) is 12.1 Å². The zero-order valence-electron chi connectivity index (χ0n) is 17.4. The summed E-state index contributed by atoms with van der Waals surface area (Å²) in [5.74, 6) is -1.81. The molecule has 0 saturated heterocycles. The van der Waals surface area contributed by atoms with E-state index in [0.717, 1.165) is 0 Å². The van der Waals surface area contributed by atoms with E-state index >= 15 is 0 Å². The summed E-state index contributed by atoms with van der Waals surface area (Å²) in [5.41, 5.74) is 1.82. The molecule has 0 aromatic heterocycles. The molecule has 31 heavy (non-hydrogen) atoms. The Balaban J connectivity index is 2.18. The highest BCUT2D eigenvalue weighted by Crippen LogP contribution is 2.37. The third-order valence-electron chi connectivity index (χ3n) is 5.25. The SMILES string of the molecule is CN[C@@H]1C(=O)N[C@@H](C)C(=O)N[C@H](C(=O)OC)Cc2ccc(O)c(c2)-c2cc1ccc2O. The molecule has 0 saturated carbocycles. The Labute approximate surface area is 179 Å². The number of ether oxygens (including phenoxy) is 1. The second kappa shape index (κ2) is 9.05. The number of phenols is 2. The van der Waals surface area contributed by atoms with Gasteiger partial charge in [-0.3, -0.25) is 9.59 Å². The summed E-state index contributed by atoms with van der Waals surface area (Å²) < 4.78 is 4.81. The molecule has 5 N–H and O–H groups in total. The number of hydrogen-bond acceptors (Lipinski definition) is 7. The van der Waals surface area contributed by atoms with Crippen molar-refractivity contribution in [1.82, 2.24) is 16.0 Å². The Morgan fingerprint density at radius 2 is 1.68 bits per heavy atom. The molecule has 0 fully saturated rings. The van der Waals surface area contributed by atoms with Crippen LogP contribution in [0.3, 0.4) is 0 Å². The Hall–Kier alpha value is -3.59. The van der Waals surface area contributed by atoms with Crippen molar-refractivity contribution >= 4 is 17.8 Å². The van der Waals surface area contributed by atoms with Gasteiger partial charge in [0.15, 0.2) is 0 Å². The van der Waals surface area contributed by atoms with E-state index in [2.05, 4.69) is 16.0 Å². The maximum Gasteiger partial charge on any atom is 0.328 e. The largest absolute Gasteiger partial charge is 0.507 e. The molecule has 4 bridgehead atoms. The molecule has 1 heterocycles. The number of carbonyl (C=O) groups is 3. The van der Waals surface area contributed by atoms with Gasteiger partial charge < -0.3 is 30.9 Å². The number of methoxy groups -OCH3 is 1. The van der Waals surface area contributed by atoms with E-state index in [9.17, 15) is 24.6 Å². The molecular formula is C22H25N3O6. The van der Waals surface area contributed by atoms with Crippen LogP contribution in [-0.4, -0.2) is 54.2 Å². The van der Waals surface area contributed by atoms with Crippen LogP contribution in [-0.2, 0) is 25.5 Å². The quantitative estimate of drug-likeness (QED) is 0.446. The first-order valence-electron chi connectivity index (χ1n) is 9.76. The first kappa shape index (κ1) is 22.1. The maximum absolute atomic E-state index is 12.8. The van der Waals surface area contributed by atoms with Crippen molar-refractivity contribution in [2.45, 2.75) is 31.5 Å². The van der Waals surface area contributed by atoms with Gasteiger partial charge in [0.05, 0.1) is 7.11 Å². The normalized spacial score (nSPS) is 21.5. The number of hydrogen-bond donors (Lipinski definition) is 5. The highest BCUT2D eigenvalue weighted by molar-refractivity contribution is 5.92. The van der Waals surface area contributed by atoms with Crippen LogP contribution in [0.4, 0.5) is 0 Å². The molecule has 0 unspecified atom stereocenters. The van der Waals surface area contributed by atoms with E-state index < -0.39 is 35.9 Å². The average molecular weight is 427 g/mol. The molecule has 1 aliphatic heterocycles. The molecule has 0 spiro atoms. The number of likely N-dealkylation sites (N-methyl/N-ethyl adjacent to an activating group) is 1. The first-order chi connectivity index (χ1) is 14.7. The minimum absolute atomic E-state index is 0.0789. The summed E-state index contributed by atoms with van der Waals surface area (Å²) in [7, 11) is 2.81. The third-order valence-corrected chi connectivity index (χ3v) is 5.25.